The monoisotopic (exact) mass is 437 g/mol. The predicted molar refractivity (Wildman–Crippen MR) is 111 cm³/mol. The van der Waals surface area contributed by atoms with E-state index in [1.807, 2.05) is 5.38 Å². The highest BCUT2D eigenvalue weighted by atomic mass is 32.1. The molecular weight excluding hydrogens is 420 g/mol. The van der Waals surface area contributed by atoms with Crippen LogP contribution in [0.1, 0.15) is 34.8 Å². The summed E-state index contributed by atoms with van der Waals surface area (Å²) in [7, 11) is 0. The number of aromatic nitrogens is 4. The van der Waals surface area contributed by atoms with Gasteiger partial charge >= 0.3 is 0 Å². The summed E-state index contributed by atoms with van der Waals surface area (Å²) in [5, 5.41) is 29.5. The van der Waals surface area contributed by atoms with Crippen molar-refractivity contribution in [1.29, 1.82) is 5.26 Å². The van der Waals surface area contributed by atoms with Crippen molar-refractivity contribution in [2.45, 2.75) is 24.9 Å². The molecule has 6 nitrogen and oxygen atoms in total. The minimum absolute atomic E-state index is 0.135. The third-order valence-electron chi connectivity index (χ3n) is 5.21. The molecule has 31 heavy (non-hydrogen) atoms. The number of aromatic amines is 1. The predicted octanol–water partition coefficient (Wildman–Crippen LogP) is 4.31. The number of benzene rings is 2. The highest BCUT2D eigenvalue weighted by Crippen LogP contribution is 2.42. The topological polar surface area (TPSA) is 98.5 Å². The van der Waals surface area contributed by atoms with Gasteiger partial charge in [0.05, 0.1) is 22.3 Å². The summed E-state index contributed by atoms with van der Waals surface area (Å²) < 4.78 is 28.7. The number of nitrogens with zero attached hydrogens (tertiary/aromatic N) is 4. The largest absolute Gasteiger partial charge is 0.384 e. The minimum atomic E-state index is -1.84. The minimum Gasteiger partial charge on any atom is -0.384 e. The van der Waals surface area contributed by atoms with Crippen molar-refractivity contribution >= 4 is 11.3 Å². The summed E-state index contributed by atoms with van der Waals surface area (Å²) in [6.45, 7) is 1.71. The first kappa shape index (κ1) is 20.8. The van der Waals surface area contributed by atoms with E-state index in [9.17, 15) is 13.9 Å². The Balaban J connectivity index is 1.74. The van der Waals surface area contributed by atoms with Gasteiger partial charge in [0.25, 0.3) is 0 Å². The summed E-state index contributed by atoms with van der Waals surface area (Å²) in [4.78, 5) is 8.66. The molecule has 156 valence electrons. The van der Waals surface area contributed by atoms with E-state index in [4.69, 9.17) is 5.26 Å². The average molecular weight is 437 g/mol. The maximum Gasteiger partial charge on any atom is 0.153 e. The Morgan fingerprint density at radius 3 is 2.68 bits per heavy atom. The number of nitrogens with one attached hydrogen (secondary N) is 1. The molecule has 0 fully saturated rings. The third kappa shape index (κ3) is 4.08. The summed E-state index contributed by atoms with van der Waals surface area (Å²) in [6.07, 6.45) is 1.22. The van der Waals surface area contributed by atoms with Crippen LogP contribution in [0.25, 0.3) is 11.3 Å². The lowest BCUT2D eigenvalue weighted by molar-refractivity contribution is 0.00716. The van der Waals surface area contributed by atoms with Crippen LogP contribution in [0.3, 0.4) is 0 Å². The Morgan fingerprint density at radius 2 is 2.00 bits per heavy atom. The van der Waals surface area contributed by atoms with Gasteiger partial charge in [0.2, 0.25) is 0 Å². The van der Waals surface area contributed by atoms with Crippen LogP contribution >= 0.6 is 11.3 Å². The fourth-order valence-electron chi connectivity index (χ4n) is 3.41. The van der Waals surface area contributed by atoms with Crippen molar-refractivity contribution in [3.8, 4) is 17.3 Å². The van der Waals surface area contributed by atoms with Gasteiger partial charge in [0.1, 0.15) is 23.6 Å². The van der Waals surface area contributed by atoms with Crippen LogP contribution in [0.4, 0.5) is 8.78 Å². The standard InChI is InChI=1S/C22H17F2N5OS/c1-13(21-28-19(11-31-21)15-4-2-14(10-25)3-5-15)22(30,9-20-26-12-27-29-20)17-8-16(23)6-7-18(17)24/h2-8,11-13,30H,9H2,1H3,(H,26,27,29). The van der Waals surface area contributed by atoms with Crippen LogP contribution < -0.4 is 0 Å². The molecule has 2 aromatic carbocycles. The molecule has 9 heteroatoms. The zero-order valence-corrected chi connectivity index (χ0v) is 17.2. The summed E-state index contributed by atoms with van der Waals surface area (Å²) in [5.41, 5.74) is -0.0110. The van der Waals surface area contributed by atoms with Crippen LogP contribution in [-0.2, 0) is 12.0 Å². The van der Waals surface area contributed by atoms with Crippen molar-refractivity contribution in [2.75, 3.05) is 0 Å². The third-order valence-corrected chi connectivity index (χ3v) is 6.23. The van der Waals surface area contributed by atoms with E-state index in [-0.39, 0.29) is 17.8 Å². The second-order valence-electron chi connectivity index (χ2n) is 7.12. The zero-order chi connectivity index (χ0) is 22.0. The Bertz CT molecular complexity index is 1230. The molecule has 2 aromatic heterocycles. The van der Waals surface area contributed by atoms with E-state index < -0.39 is 23.2 Å². The van der Waals surface area contributed by atoms with Crippen LogP contribution in [0.2, 0.25) is 0 Å². The summed E-state index contributed by atoms with van der Waals surface area (Å²) >= 11 is 1.31. The quantitative estimate of drug-likeness (QED) is 0.468. The fraction of sp³-hybridized carbons (Fsp3) is 0.182. The van der Waals surface area contributed by atoms with Gasteiger partial charge in [-0.3, -0.25) is 5.10 Å². The van der Waals surface area contributed by atoms with Crippen LogP contribution in [-0.4, -0.2) is 25.3 Å². The molecule has 4 rings (SSSR count). The number of nitriles is 1. The van der Waals surface area contributed by atoms with Crippen molar-refractivity contribution < 1.29 is 13.9 Å². The van der Waals surface area contributed by atoms with Crippen molar-refractivity contribution in [3.63, 3.8) is 0 Å². The Morgan fingerprint density at radius 1 is 1.23 bits per heavy atom. The van der Waals surface area contributed by atoms with Crippen LogP contribution in [0, 0.1) is 23.0 Å². The maximum atomic E-state index is 14.7. The van der Waals surface area contributed by atoms with Crippen molar-refractivity contribution in [3.05, 3.63) is 87.8 Å². The molecule has 2 N–H and O–H groups in total. The van der Waals surface area contributed by atoms with Gasteiger partial charge in [-0.05, 0) is 30.3 Å². The van der Waals surface area contributed by atoms with E-state index >= 15 is 0 Å². The van der Waals surface area contributed by atoms with E-state index in [1.54, 1.807) is 31.2 Å². The number of halogens is 2. The van der Waals surface area contributed by atoms with E-state index in [0.717, 1.165) is 23.8 Å². The van der Waals surface area contributed by atoms with Gasteiger partial charge in [0.15, 0.2) is 5.82 Å². The smallest absolute Gasteiger partial charge is 0.153 e. The molecule has 2 unspecified atom stereocenters. The van der Waals surface area contributed by atoms with E-state index in [0.29, 0.717) is 16.3 Å². The fourth-order valence-corrected chi connectivity index (χ4v) is 4.38. The SMILES string of the molecule is CC(c1nc(-c2ccc(C#N)cc2)cs1)C(O)(Cc1nc[nH]n1)c1cc(F)ccc1F. The molecular formula is C22H17F2N5OS. The number of hydrogen-bond acceptors (Lipinski definition) is 6. The number of thiazole rings is 1. The van der Waals surface area contributed by atoms with Gasteiger partial charge in [-0.25, -0.2) is 18.7 Å². The molecule has 0 aliphatic rings. The second kappa shape index (κ2) is 8.34. The second-order valence-corrected chi connectivity index (χ2v) is 8.01. The lowest BCUT2D eigenvalue weighted by atomic mass is 9.79. The zero-order valence-electron chi connectivity index (χ0n) is 16.4. The van der Waals surface area contributed by atoms with Crippen LogP contribution in [0.5, 0.6) is 0 Å². The van der Waals surface area contributed by atoms with Gasteiger partial charge in [-0.2, -0.15) is 10.4 Å². The van der Waals surface area contributed by atoms with Gasteiger partial charge < -0.3 is 5.11 Å². The average Bonchev–Trinajstić information content (AvgIpc) is 3.47. The molecule has 2 atom stereocenters. The number of aliphatic hydroxyl groups is 1. The molecule has 0 spiro atoms. The normalized spacial score (nSPS) is 14.0. The van der Waals surface area contributed by atoms with Gasteiger partial charge in [-0.15, -0.1) is 11.3 Å². The number of hydrogen-bond donors (Lipinski definition) is 2. The number of rotatable bonds is 6. The van der Waals surface area contributed by atoms with Gasteiger partial charge in [-0.1, -0.05) is 19.1 Å². The molecule has 0 radical (unpaired) electrons. The molecule has 0 aliphatic carbocycles. The summed E-state index contributed by atoms with van der Waals surface area (Å²) in [5.74, 6) is -1.81. The molecule has 4 aromatic rings. The first-order chi connectivity index (χ1) is 14.9. The Kier molecular flexibility index (Phi) is 5.59. The lowest BCUT2D eigenvalue weighted by Crippen LogP contribution is -2.36. The molecule has 0 aliphatic heterocycles. The van der Waals surface area contributed by atoms with Crippen molar-refractivity contribution in [1.82, 2.24) is 20.2 Å². The molecule has 0 bridgehead atoms. The summed E-state index contributed by atoms with van der Waals surface area (Å²) in [6, 6.07) is 12.0. The van der Waals surface area contributed by atoms with Gasteiger partial charge in [0, 0.05) is 28.8 Å². The Hall–Kier alpha value is -3.48. The number of H-pyrrole nitrogens is 1. The molecule has 0 saturated heterocycles. The highest BCUT2D eigenvalue weighted by Gasteiger charge is 2.41. The molecule has 0 saturated carbocycles. The first-order valence-corrected chi connectivity index (χ1v) is 10.3. The first-order valence-electron chi connectivity index (χ1n) is 9.39. The highest BCUT2D eigenvalue weighted by molar-refractivity contribution is 7.10. The molecule has 2 heterocycles. The van der Waals surface area contributed by atoms with Crippen LogP contribution in [0.15, 0.2) is 54.2 Å². The van der Waals surface area contributed by atoms with Crippen molar-refractivity contribution in [2.24, 2.45) is 0 Å². The Labute approximate surface area is 180 Å². The lowest BCUT2D eigenvalue weighted by Gasteiger charge is -2.33. The maximum absolute atomic E-state index is 14.7. The van der Waals surface area contributed by atoms with E-state index in [1.165, 1.54) is 17.7 Å². The molecule has 0 amide bonds. The van der Waals surface area contributed by atoms with E-state index in [2.05, 4.69) is 26.2 Å².